The van der Waals surface area contributed by atoms with Gasteiger partial charge in [-0.15, -0.1) is 11.8 Å². The second kappa shape index (κ2) is 5.87. The van der Waals surface area contributed by atoms with Crippen LogP contribution < -0.4 is 10.5 Å². The number of thioether (sulfide) groups is 1. The molecule has 3 N–H and O–H groups in total. The first-order valence-electron chi connectivity index (χ1n) is 5.97. The van der Waals surface area contributed by atoms with Gasteiger partial charge in [-0.05, 0) is 30.0 Å². The van der Waals surface area contributed by atoms with Crippen molar-refractivity contribution in [3.05, 3.63) is 29.8 Å². The van der Waals surface area contributed by atoms with Crippen molar-refractivity contribution >= 4 is 23.5 Å². The Morgan fingerprint density at radius 2 is 2.10 bits per heavy atom. The lowest BCUT2D eigenvalue weighted by Crippen LogP contribution is -2.05. The van der Waals surface area contributed by atoms with E-state index < -0.39 is 5.97 Å². The minimum atomic E-state index is -1.07. The van der Waals surface area contributed by atoms with Crippen LogP contribution in [0.2, 0.25) is 0 Å². The summed E-state index contributed by atoms with van der Waals surface area (Å²) in [4.78, 5) is 11.3. The number of anilines is 1. The highest BCUT2D eigenvalue weighted by atomic mass is 32.2. The summed E-state index contributed by atoms with van der Waals surface area (Å²) in [6.45, 7) is 1.93. The lowest BCUT2D eigenvalue weighted by atomic mass is 10.3. The number of aromatic nitrogens is 2. The molecule has 0 aliphatic heterocycles. The molecule has 0 radical (unpaired) electrons. The molecule has 1 aromatic heterocycles. The number of carboxylic acids is 1. The summed E-state index contributed by atoms with van der Waals surface area (Å²) in [5, 5.41) is 14.0. The Balaban J connectivity index is 2.50. The fraction of sp³-hybridized carbons (Fsp3) is 0.231. The maximum atomic E-state index is 11.3. The van der Waals surface area contributed by atoms with Crippen molar-refractivity contribution in [1.29, 1.82) is 0 Å². The zero-order chi connectivity index (χ0) is 14.7. The predicted molar refractivity (Wildman–Crippen MR) is 77.9 cm³/mol. The maximum absolute atomic E-state index is 11.3. The van der Waals surface area contributed by atoms with Crippen molar-refractivity contribution < 1.29 is 14.6 Å². The number of carbonyl (C=O) groups is 1. The van der Waals surface area contributed by atoms with E-state index in [9.17, 15) is 9.90 Å². The number of ether oxygens (including phenoxy) is 1. The van der Waals surface area contributed by atoms with Gasteiger partial charge >= 0.3 is 5.97 Å². The van der Waals surface area contributed by atoms with Crippen molar-refractivity contribution in [2.75, 3.05) is 18.6 Å². The third-order valence-corrected chi connectivity index (χ3v) is 3.55. The van der Waals surface area contributed by atoms with Crippen LogP contribution in [0.5, 0.6) is 5.75 Å². The fourth-order valence-electron chi connectivity index (χ4n) is 1.77. The average molecular weight is 293 g/mol. The van der Waals surface area contributed by atoms with Crippen LogP contribution in [-0.2, 0) is 0 Å². The monoisotopic (exact) mass is 293 g/mol. The lowest BCUT2D eigenvalue weighted by Gasteiger charge is -2.05. The molecule has 20 heavy (non-hydrogen) atoms. The molecular weight excluding hydrogens is 278 g/mol. The van der Waals surface area contributed by atoms with Crippen molar-refractivity contribution in [1.82, 2.24) is 9.78 Å². The van der Waals surface area contributed by atoms with E-state index in [-0.39, 0.29) is 11.4 Å². The number of carboxylic acid groups (broad SMARTS) is 1. The van der Waals surface area contributed by atoms with Gasteiger partial charge in [-0.2, -0.15) is 5.10 Å². The van der Waals surface area contributed by atoms with Gasteiger partial charge in [0.1, 0.15) is 22.2 Å². The first-order chi connectivity index (χ1) is 9.58. The van der Waals surface area contributed by atoms with Gasteiger partial charge in [-0.3, -0.25) is 0 Å². The van der Waals surface area contributed by atoms with Crippen molar-refractivity contribution in [3.8, 4) is 11.4 Å². The topological polar surface area (TPSA) is 90.4 Å². The highest BCUT2D eigenvalue weighted by Gasteiger charge is 2.22. The first kappa shape index (κ1) is 14.3. The molecule has 0 saturated heterocycles. The van der Waals surface area contributed by atoms with Gasteiger partial charge in [0.2, 0.25) is 0 Å². The maximum Gasteiger partial charge on any atom is 0.342 e. The van der Waals surface area contributed by atoms with Gasteiger partial charge in [-0.1, -0.05) is 6.92 Å². The quantitative estimate of drug-likeness (QED) is 0.822. The Morgan fingerprint density at radius 3 is 2.60 bits per heavy atom. The second-order valence-electron chi connectivity index (χ2n) is 3.91. The largest absolute Gasteiger partial charge is 0.497 e. The van der Waals surface area contributed by atoms with E-state index in [0.717, 1.165) is 5.75 Å². The molecule has 2 aromatic rings. The first-order valence-corrected chi connectivity index (χ1v) is 6.96. The van der Waals surface area contributed by atoms with E-state index in [4.69, 9.17) is 10.5 Å². The van der Waals surface area contributed by atoms with E-state index in [1.807, 2.05) is 6.92 Å². The van der Waals surface area contributed by atoms with Crippen LogP contribution in [0, 0.1) is 0 Å². The van der Waals surface area contributed by atoms with Gasteiger partial charge in [0, 0.05) is 0 Å². The van der Waals surface area contributed by atoms with Gasteiger partial charge in [0.05, 0.1) is 12.8 Å². The Morgan fingerprint density at radius 1 is 1.45 bits per heavy atom. The molecule has 0 aliphatic rings. The van der Waals surface area contributed by atoms with Crippen LogP contribution in [0.3, 0.4) is 0 Å². The number of hydrogen-bond donors (Lipinski definition) is 2. The SMILES string of the molecule is CCSc1nn(-c2ccc(OC)cc2)c(N)c1C(=O)O. The summed E-state index contributed by atoms with van der Waals surface area (Å²) in [6, 6.07) is 7.08. The Bertz CT molecular complexity index is 623. The second-order valence-corrected chi connectivity index (χ2v) is 5.17. The van der Waals surface area contributed by atoms with Crippen LogP contribution >= 0.6 is 11.8 Å². The number of hydrogen-bond acceptors (Lipinski definition) is 5. The molecule has 0 saturated carbocycles. The van der Waals surface area contributed by atoms with E-state index in [1.54, 1.807) is 31.4 Å². The summed E-state index contributed by atoms with van der Waals surface area (Å²) in [6.07, 6.45) is 0. The molecule has 1 aromatic carbocycles. The molecule has 2 rings (SSSR count). The summed E-state index contributed by atoms with van der Waals surface area (Å²) in [5.74, 6) is 0.484. The third kappa shape index (κ3) is 2.57. The zero-order valence-corrected chi connectivity index (χ0v) is 12.0. The summed E-state index contributed by atoms with van der Waals surface area (Å²) >= 11 is 1.35. The van der Waals surface area contributed by atoms with Crippen molar-refractivity contribution in [2.24, 2.45) is 0 Å². The Kier molecular flexibility index (Phi) is 4.19. The van der Waals surface area contributed by atoms with E-state index >= 15 is 0 Å². The number of nitrogens with zero attached hydrogens (tertiary/aromatic N) is 2. The molecular formula is C13H15N3O3S. The lowest BCUT2D eigenvalue weighted by molar-refractivity contribution is 0.0694. The molecule has 106 valence electrons. The van der Waals surface area contributed by atoms with Crippen LogP contribution in [0.25, 0.3) is 5.69 Å². The summed E-state index contributed by atoms with van der Waals surface area (Å²) in [7, 11) is 1.58. The minimum absolute atomic E-state index is 0.0488. The highest BCUT2D eigenvalue weighted by molar-refractivity contribution is 7.99. The molecule has 6 nitrogen and oxygen atoms in total. The molecule has 7 heteroatoms. The smallest absolute Gasteiger partial charge is 0.342 e. The predicted octanol–water partition coefficient (Wildman–Crippen LogP) is 2.27. The molecule has 0 aliphatic carbocycles. The number of aromatic carboxylic acids is 1. The van der Waals surface area contributed by atoms with Crippen LogP contribution in [-0.4, -0.2) is 33.7 Å². The molecule has 0 spiro atoms. The van der Waals surface area contributed by atoms with Crippen molar-refractivity contribution in [3.63, 3.8) is 0 Å². The van der Waals surface area contributed by atoms with Gasteiger partial charge in [0.25, 0.3) is 0 Å². The van der Waals surface area contributed by atoms with Crippen molar-refractivity contribution in [2.45, 2.75) is 11.9 Å². The number of nitrogen functional groups attached to an aromatic ring is 1. The molecule has 0 fully saturated rings. The molecule has 0 bridgehead atoms. The summed E-state index contributed by atoms with van der Waals surface area (Å²) in [5.41, 5.74) is 6.65. The molecule has 0 atom stereocenters. The Hall–Kier alpha value is -2.15. The zero-order valence-electron chi connectivity index (χ0n) is 11.2. The number of nitrogens with two attached hydrogens (primary N) is 1. The van der Waals surface area contributed by atoms with Crippen LogP contribution in [0.15, 0.2) is 29.3 Å². The summed E-state index contributed by atoms with van der Waals surface area (Å²) < 4.78 is 6.51. The van der Waals surface area contributed by atoms with Gasteiger partial charge < -0.3 is 15.6 Å². The highest BCUT2D eigenvalue weighted by Crippen LogP contribution is 2.29. The van der Waals surface area contributed by atoms with E-state index in [2.05, 4.69) is 5.10 Å². The number of methoxy groups -OCH3 is 1. The standard InChI is InChI=1S/C13H15N3O3S/c1-3-20-12-10(13(17)18)11(14)16(15-12)8-4-6-9(19-2)7-5-8/h4-7H,3,14H2,1-2H3,(H,17,18). The van der Waals surface area contributed by atoms with Crippen LogP contribution in [0.1, 0.15) is 17.3 Å². The van der Waals surface area contributed by atoms with E-state index in [0.29, 0.717) is 16.5 Å². The average Bonchev–Trinajstić information content (AvgIpc) is 2.76. The van der Waals surface area contributed by atoms with Crippen LogP contribution in [0.4, 0.5) is 5.82 Å². The third-order valence-electron chi connectivity index (χ3n) is 2.70. The Labute approximate surface area is 120 Å². The van der Waals surface area contributed by atoms with E-state index in [1.165, 1.54) is 16.4 Å². The molecule has 0 unspecified atom stereocenters. The molecule has 0 amide bonds. The minimum Gasteiger partial charge on any atom is -0.497 e. The van der Waals surface area contributed by atoms with Gasteiger partial charge in [-0.25, -0.2) is 9.48 Å². The normalized spacial score (nSPS) is 10.5. The number of rotatable bonds is 5. The number of benzene rings is 1. The molecule has 1 heterocycles. The van der Waals surface area contributed by atoms with Gasteiger partial charge in [0.15, 0.2) is 0 Å². The fourth-order valence-corrected chi connectivity index (χ4v) is 2.52.